The fraction of sp³-hybridized carbons (Fsp3) is 0.550. The predicted molar refractivity (Wildman–Crippen MR) is 96.4 cm³/mol. The van der Waals surface area contributed by atoms with Gasteiger partial charge in [-0.15, -0.1) is 6.58 Å². The molecule has 0 aliphatic carbocycles. The van der Waals surface area contributed by atoms with E-state index < -0.39 is 0 Å². The van der Waals surface area contributed by atoms with Gasteiger partial charge in [0, 0.05) is 26.1 Å². The molecule has 0 spiro atoms. The van der Waals surface area contributed by atoms with E-state index in [-0.39, 0.29) is 5.91 Å². The van der Waals surface area contributed by atoms with E-state index in [9.17, 15) is 4.79 Å². The van der Waals surface area contributed by atoms with Crippen LogP contribution in [-0.2, 0) is 11.2 Å². The Morgan fingerprint density at radius 1 is 1.39 bits per heavy atom. The topological polar surface area (TPSA) is 23.6 Å². The van der Waals surface area contributed by atoms with Crippen molar-refractivity contribution in [3.05, 3.63) is 48.6 Å². The van der Waals surface area contributed by atoms with Crippen LogP contribution >= 0.6 is 0 Å². The lowest BCUT2D eigenvalue weighted by Gasteiger charge is -2.34. The second-order valence-electron chi connectivity index (χ2n) is 6.67. The Balaban J connectivity index is 1.93. The lowest BCUT2D eigenvalue weighted by atomic mass is 9.97. The van der Waals surface area contributed by atoms with Gasteiger partial charge in [-0.25, -0.2) is 0 Å². The monoisotopic (exact) mass is 314 g/mol. The molecule has 1 aliphatic rings. The van der Waals surface area contributed by atoms with Gasteiger partial charge in [-0.05, 0) is 50.8 Å². The first-order valence-electron chi connectivity index (χ1n) is 8.80. The molecule has 0 saturated carbocycles. The summed E-state index contributed by atoms with van der Waals surface area (Å²) in [6, 6.07) is 10.4. The van der Waals surface area contributed by atoms with E-state index in [1.54, 1.807) is 0 Å². The molecular weight excluding hydrogens is 284 g/mol. The van der Waals surface area contributed by atoms with Crippen LogP contribution in [0.1, 0.15) is 31.2 Å². The average Bonchev–Trinajstić information content (AvgIpc) is 2.57. The highest BCUT2D eigenvalue weighted by molar-refractivity contribution is 5.76. The number of amides is 1. The normalized spacial score (nSPS) is 18.6. The predicted octanol–water partition coefficient (Wildman–Crippen LogP) is 3.37. The van der Waals surface area contributed by atoms with E-state index in [4.69, 9.17) is 0 Å². The lowest BCUT2D eigenvalue weighted by molar-refractivity contribution is -0.132. The Labute approximate surface area is 141 Å². The van der Waals surface area contributed by atoms with Crippen molar-refractivity contribution in [2.75, 3.05) is 33.2 Å². The molecule has 0 unspecified atom stereocenters. The molecule has 126 valence electrons. The van der Waals surface area contributed by atoms with E-state index >= 15 is 0 Å². The Morgan fingerprint density at radius 2 is 2.17 bits per heavy atom. The van der Waals surface area contributed by atoms with Gasteiger partial charge in [0.1, 0.15) is 0 Å². The maximum atomic E-state index is 12.5. The van der Waals surface area contributed by atoms with Crippen LogP contribution in [0.5, 0.6) is 0 Å². The number of rotatable bonds is 8. The molecule has 1 saturated heterocycles. The van der Waals surface area contributed by atoms with Gasteiger partial charge in [0.2, 0.25) is 5.91 Å². The molecule has 3 heteroatoms. The first kappa shape index (κ1) is 17.7. The standard InChI is InChI=1S/C20H30N2O/c1-3-4-12-20(23)22(15-13-18-9-6-5-7-10-18)17-19-11-8-14-21(2)16-19/h3,5-7,9-10,19H,1,4,8,11-17H2,2H3/t19-/m0/s1. The Bertz CT molecular complexity index is 486. The van der Waals surface area contributed by atoms with E-state index in [0.717, 1.165) is 32.5 Å². The number of piperidine rings is 1. The largest absolute Gasteiger partial charge is 0.342 e. The van der Waals surface area contributed by atoms with Crippen LogP contribution in [0.3, 0.4) is 0 Å². The summed E-state index contributed by atoms with van der Waals surface area (Å²) in [4.78, 5) is 17.0. The molecular formula is C20H30N2O. The lowest BCUT2D eigenvalue weighted by Crippen LogP contribution is -2.42. The van der Waals surface area contributed by atoms with Gasteiger partial charge < -0.3 is 9.80 Å². The number of hydrogen-bond donors (Lipinski definition) is 0. The molecule has 1 heterocycles. The summed E-state index contributed by atoms with van der Waals surface area (Å²) in [7, 11) is 2.18. The van der Waals surface area contributed by atoms with Gasteiger partial charge in [-0.3, -0.25) is 4.79 Å². The molecule has 0 N–H and O–H groups in total. The minimum absolute atomic E-state index is 0.272. The molecule has 1 amide bonds. The van der Waals surface area contributed by atoms with Crippen molar-refractivity contribution >= 4 is 5.91 Å². The summed E-state index contributed by atoms with van der Waals surface area (Å²) in [6.07, 6.45) is 6.60. The van der Waals surface area contributed by atoms with Crippen molar-refractivity contribution < 1.29 is 4.79 Å². The number of hydrogen-bond acceptors (Lipinski definition) is 2. The first-order valence-corrected chi connectivity index (χ1v) is 8.80. The molecule has 23 heavy (non-hydrogen) atoms. The van der Waals surface area contributed by atoms with E-state index in [2.05, 4.69) is 47.7 Å². The third-order valence-electron chi connectivity index (χ3n) is 4.63. The molecule has 1 aliphatic heterocycles. The Kier molecular flexibility index (Phi) is 7.34. The SMILES string of the molecule is C=CCCC(=O)N(CCc1ccccc1)C[C@H]1CCCN(C)C1. The van der Waals surface area contributed by atoms with Gasteiger partial charge in [0.25, 0.3) is 0 Å². The van der Waals surface area contributed by atoms with Gasteiger partial charge in [-0.2, -0.15) is 0 Å². The van der Waals surface area contributed by atoms with Crippen molar-refractivity contribution in [3.8, 4) is 0 Å². The number of likely N-dealkylation sites (tertiary alicyclic amines) is 1. The smallest absolute Gasteiger partial charge is 0.222 e. The molecule has 1 fully saturated rings. The van der Waals surface area contributed by atoms with Crippen LogP contribution in [-0.4, -0.2) is 48.9 Å². The highest BCUT2D eigenvalue weighted by Gasteiger charge is 2.22. The van der Waals surface area contributed by atoms with Crippen LogP contribution < -0.4 is 0 Å². The summed E-state index contributed by atoms with van der Waals surface area (Å²) in [5.74, 6) is 0.881. The second-order valence-corrected chi connectivity index (χ2v) is 6.67. The second kappa shape index (κ2) is 9.51. The first-order chi connectivity index (χ1) is 11.2. The molecule has 2 rings (SSSR count). The minimum Gasteiger partial charge on any atom is -0.342 e. The highest BCUT2D eigenvalue weighted by Crippen LogP contribution is 2.17. The molecule has 3 nitrogen and oxygen atoms in total. The van der Waals surface area contributed by atoms with Crippen LogP contribution in [0.4, 0.5) is 0 Å². The maximum absolute atomic E-state index is 12.5. The average molecular weight is 314 g/mol. The maximum Gasteiger partial charge on any atom is 0.222 e. The summed E-state index contributed by atoms with van der Waals surface area (Å²) < 4.78 is 0. The number of allylic oxidation sites excluding steroid dienone is 1. The van der Waals surface area contributed by atoms with Crippen LogP contribution in [0.25, 0.3) is 0 Å². The molecule has 0 radical (unpaired) electrons. The van der Waals surface area contributed by atoms with Crippen molar-refractivity contribution in [3.63, 3.8) is 0 Å². The van der Waals surface area contributed by atoms with E-state index in [1.165, 1.54) is 24.9 Å². The number of benzene rings is 1. The zero-order chi connectivity index (χ0) is 16.5. The molecule has 0 aromatic heterocycles. The number of carbonyl (C=O) groups is 1. The fourth-order valence-corrected chi connectivity index (χ4v) is 3.34. The van der Waals surface area contributed by atoms with Gasteiger partial charge in [0.15, 0.2) is 0 Å². The molecule has 1 aromatic carbocycles. The summed E-state index contributed by atoms with van der Waals surface area (Å²) in [6.45, 7) is 7.74. The fourth-order valence-electron chi connectivity index (χ4n) is 3.34. The van der Waals surface area contributed by atoms with E-state index in [0.29, 0.717) is 12.3 Å². The Hall–Kier alpha value is -1.61. The highest BCUT2D eigenvalue weighted by atomic mass is 16.2. The van der Waals surface area contributed by atoms with Gasteiger partial charge in [-0.1, -0.05) is 36.4 Å². The van der Waals surface area contributed by atoms with E-state index in [1.807, 2.05) is 12.1 Å². The van der Waals surface area contributed by atoms with Crippen molar-refractivity contribution in [1.82, 2.24) is 9.80 Å². The zero-order valence-corrected chi connectivity index (χ0v) is 14.4. The van der Waals surface area contributed by atoms with Crippen LogP contribution in [0.2, 0.25) is 0 Å². The molecule has 1 atom stereocenters. The van der Waals surface area contributed by atoms with Gasteiger partial charge >= 0.3 is 0 Å². The summed E-state index contributed by atoms with van der Waals surface area (Å²) in [5, 5.41) is 0. The third-order valence-corrected chi connectivity index (χ3v) is 4.63. The third kappa shape index (κ3) is 6.19. The Morgan fingerprint density at radius 3 is 2.87 bits per heavy atom. The van der Waals surface area contributed by atoms with Crippen molar-refractivity contribution in [2.45, 2.75) is 32.1 Å². The molecule has 0 bridgehead atoms. The minimum atomic E-state index is 0.272. The summed E-state index contributed by atoms with van der Waals surface area (Å²) in [5.41, 5.74) is 1.30. The van der Waals surface area contributed by atoms with Crippen molar-refractivity contribution in [1.29, 1.82) is 0 Å². The quantitative estimate of drug-likeness (QED) is 0.687. The van der Waals surface area contributed by atoms with Crippen molar-refractivity contribution in [2.24, 2.45) is 5.92 Å². The number of carbonyl (C=O) groups excluding carboxylic acids is 1. The summed E-state index contributed by atoms with van der Waals surface area (Å²) >= 11 is 0. The van der Waals surface area contributed by atoms with Gasteiger partial charge in [0.05, 0.1) is 0 Å². The number of nitrogens with zero attached hydrogens (tertiary/aromatic N) is 2. The van der Waals surface area contributed by atoms with Crippen LogP contribution in [0.15, 0.2) is 43.0 Å². The van der Waals surface area contributed by atoms with Crippen LogP contribution in [0, 0.1) is 5.92 Å². The molecule has 1 aromatic rings. The zero-order valence-electron chi connectivity index (χ0n) is 14.4.